The molecule has 156 valence electrons. The standard InChI is InChI=1S/C20H32ClN5O2/c1-28-19-7-6-15(21)14-18(19)24-20(23-17-5-3-2-4-16(17)22)26-10-8-25(9-11-26)12-13-27/h6-7,14,16-17,27H,2-5,8-13,22H2,1H3,(H,23,24)/t16-,17-/m0/s1. The van der Waals surface area contributed by atoms with Crippen molar-refractivity contribution in [1.29, 1.82) is 0 Å². The van der Waals surface area contributed by atoms with E-state index in [1.54, 1.807) is 7.11 Å². The average Bonchev–Trinajstić information content (AvgIpc) is 2.70. The molecule has 1 aliphatic heterocycles. The largest absolute Gasteiger partial charge is 0.495 e. The quantitative estimate of drug-likeness (QED) is 0.509. The molecule has 2 fully saturated rings. The fourth-order valence-corrected chi connectivity index (χ4v) is 4.05. The third-order valence-electron chi connectivity index (χ3n) is 5.57. The number of hydrogen-bond acceptors (Lipinski definition) is 5. The van der Waals surface area contributed by atoms with Crippen LogP contribution in [0, 0.1) is 0 Å². The van der Waals surface area contributed by atoms with Crippen molar-refractivity contribution in [2.24, 2.45) is 10.7 Å². The summed E-state index contributed by atoms with van der Waals surface area (Å²) < 4.78 is 5.49. The number of anilines is 1. The minimum atomic E-state index is 0.0995. The molecule has 0 amide bonds. The number of β-amino-alcohol motifs (C(OH)–C–C–N with tert-alkyl or cyclic N) is 1. The van der Waals surface area contributed by atoms with Gasteiger partial charge in [-0.15, -0.1) is 0 Å². The lowest BCUT2D eigenvalue weighted by Crippen LogP contribution is -2.52. The van der Waals surface area contributed by atoms with Crippen molar-refractivity contribution in [3.05, 3.63) is 23.2 Å². The van der Waals surface area contributed by atoms with Crippen molar-refractivity contribution < 1.29 is 9.84 Å². The summed E-state index contributed by atoms with van der Waals surface area (Å²) in [5, 5.41) is 13.3. The number of halogens is 1. The number of nitrogens with zero attached hydrogens (tertiary/aromatic N) is 3. The van der Waals surface area contributed by atoms with E-state index in [0.717, 1.165) is 56.4 Å². The maximum absolute atomic E-state index is 9.19. The Balaban J connectivity index is 1.82. The van der Waals surface area contributed by atoms with Crippen LogP contribution in [0.15, 0.2) is 23.2 Å². The second-order valence-electron chi connectivity index (χ2n) is 7.49. The van der Waals surface area contributed by atoms with Gasteiger partial charge in [-0.2, -0.15) is 0 Å². The number of guanidine groups is 1. The summed E-state index contributed by atoms with van der Waals surface area (Å²) in [4.78, 5) is 9.58. The van der Waals surface area contributed by atoms with Crippen molar-refractivity contribution >= 4 is 23.2 Å². The van der Waals surface area contributed by atoms with Gasteiger partial charge in [-0.25, -0.2) is 4.99 Å². The van der Waals surface area contributed by atoms with Gasteiger partial charge in [0, 0.05) is 43.8 Å². The molecule has 0 aromatic heterocycles. The monoisotopic (exact) mass is 409 g/mol. The highest BCUT2D eigenvalue weighted by Crippen LogP contribution is 2.28. The third kappa shape index (κ3) is 5.50. The lowest BCUT2D eigenvalue weighted by molar-refractivity contribution is 0.146. The SMILES string of the molecule is COc1ccc(Cl)cc1NC(=N[C@H]1CCCC[C@@H]1N)N1CCN(CCO)CC1. The van der Waals surface area contributed by atoms with Crippen LogP contribution in [0.5, 0.6) is 5.75 Å². The third-order valence-corrected chi connectivity index (χ3v) is 5.80. The lowest BCUT2D eigenvalue weighted by atomic mass is 9.91. The van der Waals surface area contributed by atoms with E-state index >= 15 is 0 Å². The summed E-state index contributed by atoms with van der Waals surface area (Å²) in [6.07, 6.45) is 4.38. The zero-order valence-corrected chi connectivity index (χ0v) is 17.4. The summed E-state index contributed by atoms with van der Waals surface area (Å²) in [5.74, 6) is 1.55. The van der Waals surface area contributed by atoms with Crippen LogP contribution >= 0.6 is 11.6 Å². The smallest absolute Gasteiger partial charge is 0.198 e. The second kappa shape index (κ2) is 10.3. The normalized spacial score (nSPS) is 24.3. The molecule has 1 saturated heterocycles. The maximum Gasteiger partial charge on any atom is 0.198 e. The van der Waals surface area contributed by atoms with Crippen molar-refractivity contribution in [3.8, 4) is 5.75 Å². The summed E-state index contributed by atoms with van der Waals surface area (Å²) in [6, 6.07) is 5.75. The number of aliphatic imine (C=N–C) groups is 1. The van der Waals surface area contributed by atoms with E-state index in [9.17, 15) is 5.11 Å². The molecular formula is C20H32ClN5O2. The highest BCUT2D eigenvalue weighted by molar-refractivity contribution is 6.31. The van der Waals surface area contributed by atoms with E-state index in [-0.39, 0.29) is 18.7 Å². The summed E-state index contributed by atoms with van der Waals surface area (Å²) in [5.41, 5.74) is 7.16. The Morgan fingerprint density at radius 2 is 2.04 bits per heavy atom. The Kier molecular flexibility index (Phi) is 7.79. The van der Waals surface area contributed by atoms with Gasteiger partial charge < -0.3 is 25.8 Å². The molecule has 28 heavy (non-hydrogen) atoms. The molecule has 0 bridgehead atoms. The van der Waals surface area contributed by atoms with E-state index in [2.05, 4.69) is 15.1 Å². The number of hydrogen-bond donors (Lipinski definition) is 3. The highest BCUT2D eigenvalue weighted by Gasteiger charge is 2.25. The summed E-state index contributed by atoms with van der Waals surface area (Å²) >= 11 is 6.21. The van der Waals surface area contributed by atoms with Gasteiger partial charge in [-0.1, -0.05) is 24.4 Å². The zero-order chi connectivity index (χ0) is 19.9. The number of nitrogens with two attached hydrogens (primary N) is 1. The molecule has 2 aliphatic rings. The Morgan fingerprint density at radius 1 is 1.29 bits per heavy atom. The Bertz CT molecular complexity index is 664. The molecule has 2 atom stereocenters. The van der Waals surface area contributed by atoms with E-state index in [1.165, 1.54) is 12.8 Å². The predicted molar refractivity (Wildman–Crippen MR) is 114 cm³/mol. The minimum Gasteiger partial charge on any atom is -0.495 e. The average molecular weight is 410 g/mol. The van der Waals surface area contributed by atoms with Crippen LogP contribution < -0.4 is 15.8 Å². The number of benzene rings is 1. The van der Waals surface area contributed by atoms with E-state index < -0.39 is 0 Å². The van der Waals surface area contributed by atoms with E-state index in [1.807, 2.05) is 18.2 Å². The Hall–Kier alpha value is -1.54. The summed E-state index contributed by atoms with van der Waals surface area (Å²) in [6.45, 7) is 4.38. The van der Waals surface area contributed by atoms with Crippen LogP contribution in [0.1, 0.15) is 25.7 Å². The Morgan fingerprint density at radius 3 is 2.71 bits per heavy atom. The van der Waals surface area contributed by atoms with Gasteiger partial charge in [-0.3, -0.25) is 4.90 Å². The number of methoxy groups -OCH3 is 1. The van der Waals surface area contributed by atoms with Crippen LogP contribution in [0.4, 0.5) is 5.69 Å². The Labute approximate surface area is 172 Å². The molecule has 1 aliphatic carbocycles. The predicted octanol–water partition coefficient (Wildman–Crippen LogP) is 2.00. The van der Waals surface area contributed by atoms with Gasteiger partial charge in [0.25, 0.3) is 0 Å². The fourth-order valence-electron chi connectivity index (χ4n) is 3.87. The molecular weight excluding hydrogens is 378 g/mol. The van der Waals surface area contributed by atoms with E-state index in [4.69, 9.17) is 27.1 Å². The van der Waals surface area contributed by atoms with Crippen molar-refractivity contribution in [1.82, 2.24) is 9.80 Å². The first-order valence-corrected chi connectivity index (χ1v) is 10.5. The van der Waals surface area contributed by atoms with Crippen LogP contribution in [0.3, 0.4) is 0 Å². The van der Waals surface area contributed by atoms with Crippen LogP contribution in [0.2, 0.25) is 5.02 Å². The van der Waals surface area contributed by atoms with Gasteiger partial charge in [0.15, 0.2) is 5.96 Å². The summed E-state index contributed by atoms with van der Waals surface area (Å²) in [7, 11) is 1.65. The molecule has 3 rings (SSSR count). The van der Waals surface area contributed by atoms with Crippen molar-refractivity contribution in [2.75, 3.05) is 51.8 Å². The number of aliphatic hydroxyl groups excluding tert-OH is 1. The lowest BCUT2D eigenvalue weighted by Gasteiger charge is -2.37. The molecule has 7 nitrogen and oxygen atoms in total. The number of aliphatic hydroxyl groups is 1. The number of nitrogens with one attached hydrogen (secondary N) is 1. The first-order valence-electron chi connectivity index (χ1n) is 10.1. The van der Waals surface area contributed by atoms with Gasteiger partial charge in [0.1, 0.15) is 5.75 Å². The van der Waals surface area contributed by atoms with Gasteiger partial charge in [0.05, 0.1) is 25.4 Å². The number of ether oxygens (including phenoxy) is 1. The molecule has 8 heteroatoms. The molecule has 1 saturated carbocycles. The molecule has 1 aromatic carbocycles. The van der Waals surface area contributed by atoms with Crippen LogP contribution in [-0.4, -0.2) is 79.4 Å². The molecule has 4 N–H and O–H groups in total. The zero-order valence-electron chi connectivity index (χ0n) is 16.6. The van der Waals surface area contributed by atoms with E-state index in [0.29, 0.717) is 11.6 Å². The first kappa shape index (κ1) is 21.2. The van der Waals surface area contributed by atoms with Gasteiger partial charge in [-0.05, 0) is 31.0 Å². The van der Waals surface area contributed by atoms with Crippen molar-refractivity contribution in [2.45, 2.75) is 37.8 Å². The number of piperazine rings is 1. The molecule has 0 unspecified atom stereocenters. The van der Waals surface area contributed by atoms with Gasteiger partial charge >= 0.3 is 0 Å². The van der Waals surface area contributed by atoms with Crippen LogP contribution in [0.25, 0.3) is 0 Å². The topological polar surface area (TPSA) is 86.4 Å². The molecule has 1 aromatic rings. The fraction of sp³-hybridized carbons (Fsp3) is 0.650. The van der Waals surface area contributed by atoms with Crippen molar-refractivity contribution in [3.63, 3.8) is 0 Å². The van der Waals surface area contributed by atoms with Gasteiger partial charge in [0.2, 0.25) is 0 Å². The maximum atomic E-state index is 9.19. The first-order chi connectivity index (χ1) is 13.6. The molecule has 1 heterocycles. The molecule has 0 radical (unpaired) electrons. The number of rotatable bonds is 5. The molecule has 0 spiro atoms. The second-order valence-corrected chi connectivity index (χ2v) is 7.93. The van der Waals surface area contributed by atoms with Crippen LogP contribution in [-0.2, 0) is 0 Å². The highest BCUT2D eigenvalue weighted by atomic mass is 35.5. The minimum absolute atomic E-state index is 0.0995.